The fraction of sp³-hybridized carbons (Fsp3) is 0.364. The molecule has 5 heteroatoms. The van der Waals surface area contributed by atoms with Crippen molar-refractivity contribution in [3.8, 4) is 0 Å². The van der Waals surface area contributed by atoms with E-state index in [1.165, 1.54) is 0 Å². The number of hydroxylamine groups is 1. The van der Waals surface area contributed by atoms with E-state index in [1.807, 2.05) is 19.9 Å². The Morgan fingerprint density at radius 2 is 2.00 bits per heavy atom. The molecule has 0 saturated heterocycles. The van der Waals surface area contributed by atoms with Crippen molar-refractivity contribution in [3.05, 3.63) is 31.4 Å². The molecule has 2 N–H and O–H groups in total. The van der Waals surface area contributed by atoms with E-state index in [4.69, 9.17) is 4.84 Å². The number of fused-ring (bicyclic) bond motifs is 1. The summed E-state index contributed by atoms with van der Waals surface area (Å²) in [5, 5.41) is 1.59. The fourth-order valence-corrected chi connectivity index (χ4v) is 3.46. The number of para-hydroxylation sites is 1. The number of hydrogen-bond acceptors (Lipinski definition) is 4. The summed E-state index contributed by atoms with van der Waals surface area (Å²) in [6, 6.07) is 7.13. The molecule has 89 valence electrons. The molecule has 0 fully saturated rings. The van der Waals surface area contributed by atoms with Crippen molar-refractivity contribution in [2.45, 2.75) is 23.5 Å². The van der Waals surface area contributed by atoms with E-state index in [0.717, 1.165) is 0 Å². The van der Waals surface area contributed by atoms with Crippen LogP contribution in [0.1, 0.15) is 13.8 Å². The molecule has 1 aromatic carbocycles. The van der Waals surface area contributed by atoms with E-state index in [9.17, 15) is 9.11 Å². The SMILES string of the molecule is [CH2]ON1CC(C)(C)S(O)(O)c2ccccc21. The highest BCUT2D eigenvalue weighted by Crippen LogP contribution is 2.64. The summed E-state index contributed by atoms with van der Waals surface area (Å²) in [6.07, 6.45) is 0. The first-order valence-electron chi connectivity index (χ1n) is 4.97. The molecule has 1 aliphatic heterocycles. The van der Waals surface area contributed by atoms with Crippen molar-refractivity contribution in [2.24, 2.45) is 0 Å². The quantitative estimate of drug-likeness (QED) is 0.794. The molecular formula is C11H16NO3S. The Bertz CT molecular complexity index is 406. The monoisotopic (exact) mass is 242 g/mol. The Hall–Kier alpha value is -0.750. The maximum Gasteiger partial charge on any atom is 0.101 e. The van der Waals surface area contributed by atoms with E-state index in [-0.39, 0.29) is 0 Å². The first-order valence-corrected chi connectivity index (χ1v) is 6.51. The van der Waals surface area contributed by atoms with Crippen LogP contribution < -0.4 is 5.06 Å². The smallest absolute Gasteiger partial charge is 0.101 e. The predicted octanol–water partition coefficient (Wildman–Crippen LogP) is 3.12. The van der Waals surface area contributed by atoms with E-state index in [1.54, 1.807) is 23.3 Å². The van der Waals surface area contributed by atoms with Gasteiger partial charge in [-0.3, -0.25) is 19.0 Å². The molecule has 1 aliphatic rings. The van der Waals surface area contributed by atoms with Crippen LogP contribution in [0, 0.1) is 7.11 Å². The van der Waals surface area contributed by atoms with Gasteiger partial charge in [0, 0.05) is 0 Å². The average molecular weight is 242 g/mol. The van der Waals surface area contributed by atoms with Crippen LogP contribution in [0.3, 0.4) is 0 Å². The Kier molecular flexibility index (Phi) is 2.66. The second-order valence-corrected chi connectivity index (χ2v) is 7.08. The van der Waals surface area contributed by atoms with Crippen LogP contribution in [-0.4, -0.2) is 20.4 Å². The zero-order chi connectivity index (χ0) is 12.0. The molecule has 0 unspecified atom stereocenters. The molecule has 0 aromatic heterocycles. The van der Waals surface area contributed by atoms with Gasteiger partial charge in [-0.2, -0.15) is 10.6 Å². The van der Waals surface area contributed by atoms with Crippen molar-refractivity contribution >= 4 is 16.3 Å². The largest absolute Gasteiger partial charge is 0.294 e. The van der Waals surface area contributed by atoms with Crippen LogP contribution in [0.15, 0.2) is 29.2 Å². The van der Waals surface area contributed by atoms with Crippen LogP contribution in [0.2, 0.25) is 0 Å². The second kappa shape index (κ2) is 3.63. The van der Waals surface area contributed by atoms with Crippen LogP contribution in [0.25, 0.3) is 0 Å². The molecule has 1 aromatic rings. The fourth-order valence-electron chi connectivity index (χ4n) is 1.84. The van der Waals surface area contributed by atoms with Gasteiger partial charge in [-0.1, -0.05) is 12.1 Å². The average Bonchev–Trinajstić information content (AvgIpc) is 2.24. The summed E-state index contributed by atoms with van der Waals surface area (Å²) in [5.74, 6) is 0. The van der Waals surface area contributed by atoms with E-state index in [2.05, 4.69) is 7.11 Å². The lowest BCUT2D eigenvalue weighted by molar-refractivity contribution is 0.191. The van der Waals surface area contributed by atoms with Crippen molar-refractivity contribution in [3.63, 3.8) is 0 Å². The minimum Gasteiger partial charge on any atom is -0.294 e. The molecule has 1 heterocycles. The number of anilines is 1. The molecule has 0 saturated carbocycles. The van der Waals surface area contributed by atoms with E-state index < -0.39 is 15.3 Å². The third-order valence-corrected chi connectivity index (χ3v) is 5.52. The molecule has 0 atom stereocenters. The zero-order valence-corrected chi connectivity index (χ0v) is 10.2. The summed E-state index contributed by atoms with van der Waals surface area (Å²) in [4.78, 5) is 5.54. The van der Waals surface area contributed by atoms with Gasteiger partial charge in [-0.15, -0.1) is 0 Å². The predicted molar refractivity (Wildman–Crippen MR) is 65.4 cm³/mol. The highest BCUT2D eigenvalue weighted by Gasteiger charge is 2.44. The molecular weight excluding hydrogens is 226 g/mol. The van der Waals surface area contributed by atoms with Gasteiger partial charge in [0.05, 0.1) is 21.9 Å². The Labute approximate surface area is 97.1 Å². The van der Waals surface area contributed by atoms with Gasteiger partial charge < -0.3 is 0 Å². The number of hydrogen-bond donors (Lipinski definition) is 2. The summed E-state index contributed by atoms with van der Waals surface area (Å²) < 4.78 is 20.0. The maximum absolute atomic E-state index is 10.3. The van der Waals surface area contributed by atoms with Gasteiger partial charge in [0.15, 0.2) is 0 Å². The topological polar surface area (TPSA) is 52.9 Å². The molecule has 4 nitrogen and oxygen atoms in total. The molecule has 16 heavy (non-hydrogen) atoms. The standard InChI is InChI=1S/C11H16NO3S/c1-11(2)8-12(15-3)9-6-4-5-7-10(9)16(11,13)14/h4-7,13-14H,3,8H2,1-2H3. The molecule has 0 spiro atoms. The van der Waals surface area contributed by atoms with Crippen LogP contribution in [-0.2, 0) is 4.84 Å². The molecule has 0 aliphatic carbocycles. The van der Waals surface area contributed by atoms with Crippen molar-refractivity contribution in [1.82, 2.24) is 0 Å². The summed E-state index contributed by atoms with van der Waals surface area (Å²) in [5.41, 5.74) is 0.678. The van der Waals surface area contributed by atoms with Crippen molar-refractivity contribution < 1.29 is 13.9 Å². The highest BCUT2D eigenvalue weighted by atomic mass is 32.3. The Morgan fingerprint density at radius 1 is 1.38 bits per heavy atom. The highest BCUT2D eigenvalue weighted by molar-refractivity contribution is 8.25. The summed E-state index contributed by atoms with van der Waals surface area (Å²) in [7, 11) is 0.581. The van der Waals surface area contributed by atoms with Gasteiger partial charge in [0.2, 0.25) is 0 Å². The van der Waals surface area contributed by atoms with Gasteiger partial charge >= 0.3 is 0 Å². The van der Waals surface area contributed by atoms with E-state index >= 15 is 0 Å². The van der Waals surface area contributed by atoms with Gasteiger partial charge in [-0.25, -0.2) is 0 Å². The van der Waals surface area contributed by atoms with Gasteiger partial charge in [0.25, 0.3) is 0 Å². The zero-order valence-electron chi connectivity index (χ0n) is 9.38. The van der Waals surface area contributed by atoms with Gasteiger partial charge in [0.1, 0.15) is 7.11 Å². The third-order valence-electron chi connectivity index (χ3n) is 2.89. The Balaban J connectivity index is 2.60. The minimum atomic E-state index is -2.81. The molecule has 1 radical (unpaired) electrons. The minimum absolute atomic E-state index is 0.399. The summed E-state index contributed by atoms with van der Waals surface area (Å²) >= 11 is 0. The summed E-state index contributed by atoms with van der Waals surface area (Å²) in [6.45, 7) is 4.02. The van der Waals surface area contributed by atoms with E-state index in [0.29, 0.717) is 17.1 Å². The maximum atomic E-state index is 10.3. The first kappa shape index (κ1) is 11.7. The number of benzene rings is 1. The molecule has 2 rings (SSSR count). The van der Waals surface area contributed by atoms with Crippen molar-refractivity contribution in [1.29, 1.82) is 0 Å². The number of nitrogens with zero attached hydrogens (tertiary/aromatic N) is 1. The lowest BCUT2D eigenvalue weighted by Crippen LogP contribution is -2.46. The second-order valence-electron chi connectivity index (χ2n) is 4.44. The lowest BCUT2D eigenvalue weighted by Gasteiger charge is -2.53. The Morgan fingerprint density at radius 3 is 2.62 bits per heavy atom. The first-order chi connectivity index (χ1) is 7.40. The third kappa shape index (κ3) is 1.51. The van der Waals surface area contributed by atoms with Gasteiger partial charge in [-0.05, 0) is 26.0 Å². The molecule has 0 bridgehead atoms. The number of rotatable bonds is 1. The lowest BCUT2D eigenvalue weighted by atomic mass is 10.2. The van der Waals surface area contributed by atoms with Crippen LogP contribution >= 0.6 is 10.6 Å². The van der Waals surface area contributed by atoms with Crippen molar-refractivity contribution in [2.75, 3.05) is 11.6 Å². The van der Waals surface area contributed by atoms with Crippen LogP contribution in [0.4, 0.5) is 5.69 Å². The van der Waals surface area contributed by atoms with Crippen LogP contribution in [0.5, 0.6) is 0 Å². The normalized spacial score (nSPS) is 23.7. The molecule has 0 amide bonds.